The zero-order valence-electron chi connectivity index (χ0n) is 22.7. The molecule has 8 rings (SSSR count). The Hall–Kier alpha value is -4.64. The van der Waals surface area contributed by atoms with Crippen LogP contribution in [0.25, 0.3) is 0 Å². The number of anilines is 2. The first-order chi connectivity index (χ1) is 20.6. The maximum Gasteiger partial charge on any atom is 0.196 e. The molecule has 0 radical (unpaired) electrons. The molecule has 0 bridgehead atoms. The molecule has 2 nitrogen and oxygen atoms in total. The Morgan fingerprint density at radius 3 is 2.50 bits per heavy atom. The molecule has 2 aromatic carbocycles. The third kappa shape index (κ3) is 3.83. The van der Waals surface area contributed by atoms with Crippen LogP contribution in [0.2, 0.25) is 0 Å². The molecule has 2 aromatic rings. The molecule has 206 valence electrons. The lowest BCUT2D eigenvalue weighted by atomic mass is 9.61. The van der Waals surface area contributed by atoms with E-state index in [0.717, 1.165) is 12.5 Å². The molecular formula is C37H27F3N2. The maximum atomic E-state index is 15.1. The van der Waals surface area contributed by atoms with Gasteiger partial charge < -0.3 is 4.90 Å². The summed E-state index contributed by atoms with van der Waals surface area (Å²) in [7, 11) is 0. The van der Waals surface area contributed by atoms with E-state index >= 15 is 4.39 Å². The van der Waals surface area contributed by atoms with Gasteiger partial charge in [0.1, 0.15) is 0 Å². The van der Waals surface area contributed by atoms with E-state index in [2.05, 4.69) is 54.7 Å². The van der Waals surface area contributed by atoms with Crippen molar-refractivity contribution in [1.29, 1.82) is 0 Å². The van der Waals surface area contributed by atoms with Crippen LogP contribution in [-0.2, 0) is 0 Å². The number of dihydropyridines is 1. The van der Waals surface area contributed by atoms with E-state index in [0.29, 0.717) is 29.6 Å². The first-order valence-corrected chi connectivity index (χ1v) is 14.4. The van der Waals surface area contributed by atoms with Crippen LogP contribution in [0.4, 0.5) is 24.5 Å². The second kappa shape index (κ2) is 9.73. The van der Waals surface area contributed by atoms with Crippen LogP contribution in [-0.4, -0.2) is 12.3 Å². The molecule has 0 amide bonds. The Kier molecular flexibility index (Phi) is 5.81. The average Bonchev–Trinajstić information content (AvgIpc) is 3.04. The molecule has 6 aliphatic rings. The van der Waals surface area contributed by atoms with Crippen LogP contribution in [0, 0.1) is 35.2 Å². The van der Waals surface area contributed by atoms with Gasteiger partial charge in [-0.25, -0.2) is 13.2 Å². The number of nitrogens with zero attached hydrogens (tertiary/aromatic N) is 2. The van der Waals surface area contributed by atoms with Crippen molar-refractivity contribution in [1.82, 2.24) is 0 Å². The number of rotatable bonds is 4. The second-order valence-electron chi connectivity index (χ2n) is 11.4. The number of benzene rings is 2. The van der Waals surface area contributed by atoms with Crippen molar-refractivity contribution in [3.8, 4) is 0 Å². The first kappa shape index (κ1) is 25.1. The van der Waals surface area contributed by atoms with Crippen molar-refractivity contribution < 1.29 is 13.2 Å². The van der Waals surface area contributed by atoms with E-state index in [1.165, 1.54) is 39.5 Å². The highest BCUT2D eigenvalue weighted by Gasteiger charge is 2.42. The number of hydrogen-bond donors (Lipinski definition) is 0. The summed E-state index contributed by atoms with van der Waals surface area (Å²) in [4.78, 5) is 6.47. The predicted octanol–water partition coefficient (Wildman–Crippen LogP) is 8.95. The molecule has 0 saturated heterocycles. The van der Waals surface area contributed by atoms with Gasteiger partial charge in [-0.15, -0.1) is 0 Å². The summed E-state index contributed by atoms with van der Waals surface area (Å²) in [5, 5.41) is 0. The van der Waals surface area contributed by atoms with E-state index in [1.54, 1.807) is 4.90 Å². The summed E-state index contributed by atoms with van der Waals surface area (Å²) in [6.45, 7) is 0. The van der Waals surface area contributed by atoms with Gasteiger partial charge in [0.25, 0.3) is 0 Å². The molecular weight excluding hydrogens is 529 g/mol. The quantitative estimate of drug-likeness (QED) is 0.343. The summed E-state index contributed by atoms with van der Waals surface area (Å²) in [6.07, 6.45) is 27.9. The van der Waals surface area contributed by atoms with Gasteiger partial charge in [0.05, 0.1) is 11.7 Å². The molecule has 5 aliphatic carbocycles. The zero-order valence-corrected chi connectivity index (χ0v) is 22.7. The average molecular weight is 557 g/mol. The molecule has 5 heteroatoms. The lowest BCUT2D eigenvalue weighted by Gasteiger charge is -2.43. The highest BCUT2D eigenvalue weighted by molar-refractivity contribution is 5.78. The van der Waals surface area contributed by atoms with Crippen LogP contribution in [0.1, 0.15) is 12.8 Å². The van der Waals surface area contributed by atoms with Crippen LogP contribution >= 0.6 is 0 Å². The number of halogens is 3. The standard InChI is InChI=1S/C37H27F3N2/c38-31-18-19-32(36(40)35(31)39)42(26-6-2-1-3-7-26)27-13-8-22(9-14-27)28-15-10-23-11-17-30-34-24(12-16-29(28)33(23)34)21-25-5-4-20-41-37(25)30/h1-8,10,12-23,33,37H,9,11H2/t22?,23?,33?,37-/m1/s1. The minimum absolute atomic E-state index is 0.0296. The SMILES string of the molecule is Fc1ccc(N(C2=CCC(C3=C4C=CC5=C6C(=CCC(C=C3)C46)[C@@H]3N=CC=CC3=C5)C=C2)c2ccccc2)c(F)c1F. The van der Waals surface area contributed by atoms with Crippen molar-refractivity contribution in [2.45, 2.75) is 18.9 Å². The smallest absolute Gasteiger partial charge is 0.196 e. The lowest BCUT2D eigenvalue weighted by molar-refractivity contribution is 0.448. The maximum absolute atomic E-state index is 15.1. The first-order valence-electron chi connectivity index (χ1n) is 14.4. The minimum atomic E-state index is -1.47. The molecule has 1 aliphatic heterocycles. The van der Waals surface area contributed by atoms with E-state index in [-0.39, 0.29) is 17.6 Å². The van der Waals surface area contributed by atoms with Crippen LogP contribution < -0.4 is 4.90 Å². The van der Waals surface area contributed by atoms with Gasteiger partial charge in [-0.1, -0.05) is 66.8 Å². The second-order valence-corrected chi connectivity index (χ2v) is 11.4. The van der Waals surface area contributed by atoms with Gasteiger partial charge in [-0.05, 0) is 94.7 Å². The Morgan fingerprint density at radius 1 is 0.786 bits per heavy atom. The van der Waals surface area contributed by atoms with Crippen molar-refractivity contribution >= 4 is 17.6 Å². The Balaban J connectivity index is 1.15. The molecule has 0 N–H and O–H groups in total. The molecule has 1 heterocycles. The summed E-state index contributed by atoms with van der Waals surface area (Å²) in [6, 6.07) is 11.6. The van der Waals surface area contributed by atoms with E-state index in [9.17, 15) is 8.78 Å². The van der Waals surface area contributed by atoms with Gasteiger partial charge in [-0.3, -0.25) is 4.99 Å². The summed E-state index contributed by atoms with van der Waals surface area (Å²) >= 11 is 0. The predicted molar refractivity (Wildman–Crippen MR) is 162 cm³/mol. The third-order valence-electron chi connectivity index (χ3n) is 9.16. The van der Waals surface area contributed by atoms with Crippen molar-refractivity contribution in [2.75, 3.05) is 4.90 Å². The monoisotopic (exact) mass is 556 g/mol. The molecule has 0 saturated carbocycles. The van der Waals surface area contributed by atoms with Crippen LogP contribution in [0.5, 0.6) is 0 Å². The van der Waals surface area contributed by atoms with Crippen molar-refractivity contribution in [3.05, 3.63) is 166 Å². The van der Waals surface area contributed by atoms with Gasteiger partial charge in [0, 0.05) is 29.4 Å². The molecule has 42 heavy (non-hydrogen) atoms. The fourth-order valence-electron chi connectivity index (χ4n) is 7.25. The molecule has 0 spiro atoms. The Morgan fingerprint density at radius 2 is 1.67 bits per heavy atom. The number of aliphatic imine (C=N–C) groups is 1. The molecule has 0 aromatic heterocycles. The highest BCUT2D eigenvalue weighted by Crippen LogP contribution is 2.53. The molecule has 0 fully saturated rings. The van der Waals surface area contributed by atoms with Gasteiger partial charge in [0.2, 0.25) is 0 Å². The van der Waals surface area contributed by atoms with E-state index < -0.39 is 17.5 Å². The topological polar surface area (TPSA) is 15.6 Å². The number of para-hydroxylation sites is 1. The van der Waals surface area contributed by atoms with Crippen LogP contribution in [0.3, 0.4) is 0 Å². The normalized spacial score (nSPS) is 26.5. The van der Waals surface area contributed by atoms with Crippen molar-refractivity contribution in [2.24, 2.45) is 22.7 Å². The van der Waals surface area contributed by atoms with Crippen LogP contribution in [0.15, 0.2) is 153 Å². The van der Waals surface area contributed by atoms with E-state index in [4.69, 9.17) is 4.99 Å². The minimum Gasteiger partial charge on any atom is -0.308 e. The largest absolute Gasteiger partial charge is 0.308 e. The summed E-state index contributed by atoms with van der Waals surface area (Å²) < 4.78 is 43.2. The van der Waals surface area contributed by atoms with E-state index in [1.807, 2.05) is 48.7 Å². The molecule has 3 unspecified atom stereocenters. The highest BCUT2D eigenvalue weighted by atomic mass is 19.2. The van der Waals surface area contributed by atoms with Gasteiger partial charge in [-0.2, -0.15) is 0 Å². The van der Waals surface area contributed by atoms with Gasteiger partial charge >= 0.3 is 0 Å². The third-order valence-corrected chi connectivity index (χ3v) is 9.16. The molecule has 4 atom stereocenters. The fraction of sp³-hybridized carbons (Fsp3) is 0.162. The number of fused-ring (bicyclic) bond motifs is 2. The fourth-order valence-corrected chi connectivity index (χ4v) is 7.25. The van der Waals surface area contributed by atoms with Gasteiger partial charge in [0.15, 0.2) is 17.5 Å². The van der Waals surface area contributed by atoms with Crippen molar-refractivity contribution in [3.63, 3.8) is 0 Å². The summed E-state index contributed by atoms with van der Waals surface area (Å²) in [5.74, 6) is -3.02. The number of hydrogen-bond acceptors (Lipinski definition) is 2. The number of allylic oxidation sites excluding steroid dienone is 13. The summed E-state index contributed by atoms with van der Waals surface area (Å²) in [5.41, 5.74) is 9.29. The Labute approximate surface area is 243 Å². The zero-order chi connectivity index (χ0) is 28.4. The lowest BCUT2D eigenvalue weighted by Crippen LogP contribution is -2.33. The Bertz CT molecular complexity index is 1830.